The first-order valence-electron chi connectivity index (χ1n) is 8.13. The number of nitrogens with zero attached hydrogens (tertiary/aromatic N) is 2. The fourth-order valence-corrected chi connectivity index (χ4v) is 2.49. The Morgan fingerprint density at radius 1 is 1.19 bits per heavy atom. The molecule has 0 radical (unpaired) electrons. The molecule has 0 aliphatic carbocycles. The van der Waals surface area contributed by atoms with E-state index >= 15 is 0 Å². The van der Waals surface area contributed by atoms with Gasteiger partial charge in [-0.1, -0.05) is 24.3 Å². The summed E-state index contributed by atoms with van der Waals surface area (Å²) in [5.41, 5.74) is 2.07. The van der Waals surface area contributed by atoms with Crippen LogP contribution in [0.3, 0.4) is 0 Å². The molecule has 26 heavy (non-hydrogen) atoms. The van der Waals surface area contributed by atoms with Crippen LogP contribution in [0.5, 0.6) is 5.75 Å². The van der Waals surface area contributed by atoms with Crippen molar-refractivity contribution in [2.24, 2.45) is 0 Å². The Morgan fingerprint density at radius 2 is 1.96 bits per heavy atom. The summed E-state index contributed by atoms with van der Waals surface area (Å²) >= 11 is 0. The highest BCUT2D eigenvalue weighted by molar-refractivity contribution is 5.91. The van der Waals surface area contributed by atoms with Crippen molar-refractivity contribution in [3.05, 3.63) is 72.6 Å². The Balaban J connectivity index is 1.59. The molecule has 0 aliphatic heterocycles. The van der Waals surface area contributed by atoms with Crippen LogP contribution in [0.25, 0.3) is 5.69 Å². The van der Waals surface area contributed by atoms with E-state index in [0.29, 0.717) is 17.0 Å². The lowest BCUT2D eigenvalue weighted by Crippen LogP contribution is -2.32. The van der Waals surface area contributed by atoms with E-state index in [1.165, 1.54) is 0 Å². The molecule has 0 bridgehead atoms. The van der Waals surface area contributed by atoms with Gasteiger partial charge in [-0.15, -0.1) is 0 Å². The van der Waals surface area contributed by atoms with E-state index in [0.717, 1.165) is 5.69 Å². The number of ether oxygens (including phenoxy) is 1. The fourth-order valence-electron chi connectivity index (χ4n) is 2.49. The molecule has 0 spiro atoms. The molecular weight excluding hydrogens is 332 g/mol. The summed E-state index contributed by atoms with van der Waals surface area (Å²) in [5, 5.41) is 19.8. The molecule has 0 saturated heterocycles. The largest absolute Gasteiger partial charge is 0.497 e. The second-order valence-electron chi connectivity index (χ2n) is 5.59. The number of amides is 2. The van der Waals surface area contributed by atoms with Crippen LogP contribution in [0.4, 0.5) is 10.5 Å². The van der Waals surface area contributed by atoms with Gasteiger partial charge in [0.25, 0.3) is 0 Å². The Morgan fingerprint density at radius 3 is 2.65 bits per heavy atom. The lowest BCUT2D eigenvalue weighted by atomic mass is 10.1. The zero-order valence-electron chi connectivity index (χ0n) is 14.3. The van der Waals surface area contributed by atoms with Crippen LogP contribution in [0, 0.1) is 0 Å². The van der Waals surface area contributed by atoms with Gasteiger partial charge in [0, 0.05) is 18.9 Å². The van der Waals surface area contributed by atoms with E-state index < -0.39 is 12.1 Å². The highest BCUT2D eigenvalue weighted by Crippen LogP contribution is 2.19. The number of aromatic nitrogens is 2. The standard InChI is InChI=1S/C19H20N4O3/c1-26-15-9-7-14(8-10-15)18(24)13-20-19(25)22-16-5-2-3-6-17(16)23-12-4-11-21-23/h2-12,18,24H,13H2,1H3,(H2,20,22,25). The molecule has 2 amide bonds. The number of aliphatic hydroxyl groups is 1. The first-order chi connectivity index (χ1) is 12.7. The zero-order valence-corrected chi connectivity index (χ0v) is 14.3. The van der Waals surface area contributed by atoms with Crippen LogP contribution >= 0.6 is 0 Å². The van der Waals surface area contributed by atoms with Gasteiger partial charge >= 0.3 is 6.03 Å². The number of methoxy groups -OCH3 is 1. The number of aliphatic hydroxyl groups excluding tert-OH is 1. The third-order valence-electron chi connectivity index (χ3n) is 3.86. The normalized spacial score (nSPS) is 11.6. The maximum Gasteiger partial charge on any atom is 0.319 e. The smallest absolute Gasteiger partial charge is 0.319 e. The lowest BCUT2D eigenvalue weighted by molar-refractivity contribution is 0.175. The summed E-state index contributed by atoms with van der Waals surface area (Å²) < 4.78 is 6.76. The van der Waals surface area contributed by atoms with Crippen LogP contribution < -0.4 is 15.4 Å². The van der Waals surface area contributed by atoms with Crippen molar-refractivity contribution in [1.29, 1.82) is 0 Å². The fraction of sp³-hybridized carbons (Fsp3) is 0.158. The number of hydrogen-bond acceptors (Lipinski definition) is 4. The third kappa shape index (κ3) is 4.20. The number of urea groups is 1. The Kier molecular flexibility index (Phi) is 5.50. The van der Waals surface area contributed by atoms with E-state index in [1.807, 2.05) is 24.3 Å². The van der Waals surface area contributed by atoms with Crippen molar-refractivity contribution in [2.75, 3.05) is 19.0 Å². The van der Waals surface area contributed by atoms with Crippen LogP contribution in [0.15, 0.2) is 67.0 Å². The van der Waals surface area contributed by atoms with Gasteiger partial charge in [-0.05, 0) is 35.9 Å². The molecule has 0 aliphatic rings. The molecule has 2 aromatic carbocycles. The number of hydrogen-bond donors (Lipinski definition) is 3. The van der Waals surface area contributed by atoms with Crippen LogP contribution in [0.1, 0.15) is 11.7 Å². The molecule has 7 nitrogen and oxygen atoms in total. The van der Waals surface area contributed by atoms with Crippen molar-refractivity contribution in [2.45, 2.75) is 6.10 Å². The SMILES string of the molecule is COc1ccc(C(O)CNC(=O)Nc2ccccc2-n2cccn2)cc1. The van der Waals surface area contributed by atoms with Gasteiger partial charge in [-0.3, -0.25) is 0 Å². The summed E-state index contributed by atoms with van der Waals surface area (Å²) in [5.74, 6) is 0.710. The zero-order chi connectivity index (χ0) is 18.4. The Hall–Kier alpha value is -3.32. The van der Waals surface area contributed by atoms with Gasteiger partial charge in [0.1, 0.15) is 5.75 Å². The lowest BCUT2D eigenvalue weighted by Gasteiger charge is -2.15. The molecular formula is C19H20N4O3. The predicted molar refractivity (Wildman–Crippen MR) is 98.5 cm³/mol. The predicted octanol–water partition coefficient (Wildman–Crippen LogP) is 2.74. The number of carbonyl (C=O) groups excluding carboxylic acids is 1. The average Bonchev–Trinajstić information content (AvgIpc) is 3.21. The number of carbonyl (C=O) groups is 1. The first-order valence-corrected chi connectivity index (χ1v) is 8.13. The number of benzene rings is 2. The van der Waals surface area contributed by atoms with E-state index in [4.69, 9.17) is 4.74 Å². The number of nitrogens with one attached hydrogen (secondary N) is 2. The number of rotatable bonds is 6. The summed E-state index contributed by atoms with van der Waals surface area (Å²) in [6.45, 7) is 0.0854. The van der Waals surface area contributed by atoms with Crippen molar-refractivity contribution < 1.29 is 14.6 Å². The van der Waals surface area contributed by atoms with Gasteiger partial charge < -0.3 is 20.5 Å². The monoisotopic (exact) mass is 352 g/mol. The molecule has 1 heterocycles. The molecule has 3 N–H and O–H groups in total. The summed E-state index contributed by atoms with van der Waals surface area (Å²) in [6, 6.07) is 15.8. The summed E-state index contributed by atoms with van der Waals surface area (Å²) in [4.78, 5) is 12.2. The Bertz CT molecular complexity index is 847. The van der Waals surface area contributed by atoms with Gasteiger partial charge in [-0.2, -0.15) is 5.10 Å². The maximum absolute atomic E-state index is 12.2. The molecule has 1 atom stereocenters. The number of anilines is 1. The van der Waals surface area contributed by atoms with Crippen molar-refractivity contribution in [3.63, 3.8) is 0 Å². The molecule has 0 saturated carbocycles. The van der Waals surface area contributed by atoms with E-state index in [9.17, 15) is 9.90 Å². The highest BCUT2D eigenvalue weighted by Gasteiger charge is 2.11. The minimum absolute atomic E-state index is 0.0854. The van der Waals surface area contributed by atoms with Crippen LogP contribution in [-0.2, 0) is 0 Å². The van der Waals surface area contributed by atoms with E-state index in [2.05, 4.69) is 15.7 Å². The second-order valence-corrected chi connectivity index (χ2v) is 5.59. The van der Waals surface area contributed by atoms with Gasteiger partial charge in [0.05, 0.1) is 24.6 Å². The van der Waals surface area contributed by atoms with Crippen molar-refractivity contribution >= 4 is 11.7 Å². The van der Waals surface area contributed by atoms with Crippen LogP contribution in [0.2, 0.25) is 0 Å². The van der Waals surface area contributed by atoms with Gasteiger partial charge in [0.2, 0.25) is 0 Å². The molecule has 3 aromatic rings. The minimum atomic E-state index is -0.812. The minimum Gasteiger partial charge on any atom is -0.497 e. The third-order valence-corrected chi connectivity index (χ3v) is 3.86. The van der Waals surface area contributed by atoms with Crippen molar-refractivity contribution in [3.8, 4) is 11.4 Å². The maximum atomic E-state index is 12.2. The van der Waals surface area contributed by atoms with E-state index in [1.54, 1.807) is 54.5 Å². The molecule has 134 valence electrons. The molecule has 0 fully saturated rings. The first kappa shape index (κ1) is 17.5. The van der Waals surface area contributed by atoms with E-state index in [-0.39, 0.29) is 6.54 Å². The topological polar surface area (TPSA) is 88.4 Å². The number of para-hydroxylation sites is 2. The second kappa shape index (κ2) is 8.17. The summed E-state index contributed by atoms with van der Waals surface area (Å²) in [6.07, 6.45) is 2.65. The Labute approximate surface area is 151 Å². The molecule has 1 unspecified atom stereocenters. The molecule has 7 heteroatoms. The quantitative estimate of drug-likeness (QED) is 0.636. The van der Waals surface area contributed by atoms with Gasteiger partial charge in [-0.25, -0.2) is 9.48 Å². The molecule has 1 aromatic heterocycles. The average molecular weight is 352 g/mol. The highest BCUT2D eigenvalue weighted by atomic mass is 16.5. The van der Waals surface area contributed by atoms with Crippen LogP contribution in [-0.4, -0.2) is 34.6 Å². The molecule has 3 rings (SSSR count). The van der Waals surface area contributed by atoms with Crippen molar-refractivity contribution in [1.82, 2.24) is 15.1 Å². The summed E-state index contributed by atoms with van der Waals surface area (Å²) in [7, 11) is 1.58. The van der Waals surface area contributed by atoms with Gasteiger partial charge in [0.15, 0.2) is 0 Å².